The number of rotatable bonds is 2. The van der Waals surface area contributed by atoms with Crippen LogP contribution in [0.4, 0.5) is 0 Å². The maximum absolute atomic E-state index is 3.91. The predicted octanol–water partition coefficient (Wildman–Crippen LogP) is 5.84. The maximum atomic E-state index is 3.91. The molecule has 84 valence electrons. The van der Waals surface area contributed by atoms with Crippen LogP contribution in [0.3, 0.4) is 0 Å². The van der Waals surface area contributed by atoms with E-state index in [9.17, 15) is 0 Å². The highest BCUT2D eigenvalue weighted by Crippen LogP contribution is 2.53. The average molecular weight is 352 g/mol. The molecule has 0 bridgehead atoms. The summed E-state index contributed by atoms with van der Waals surface area (Å²) in [5, 5.41) is 0. The van der Waals surface area contributed by atoms with Gasteiger partial charge in [0.05, 0.1) is 4.83 Å². The Labute approximate surface area is 113 Å². The third-order valence-electron chi connectivity index (χ3n) is 3.48. The van der Waals surface area contributed by atoms with Gasteiger partial charge in [0.2, 0.25) is 0 Å². The van der Waals surface area contributed by atoms with E-state index in [1.807, 2.05) is 11.3 Å². The lowest BCUT2D eigenvalue weighted by molar-refractivity contribution is 0.334. The number of hydrogen-bond donors (Lipinski definition) is 0. The van der Waals surface area contributed by atoms with Crippen LogP contribution in [-0.4, -0.2) is 0 Å². The molecular weight excluding hydrogens is 336 g/mol. The molecule has 1 atom stereocenters. The molecule has 1 aromatic heterocycles. The van der Waals surface area contributed by atoms with Crippen molar-refractivity contribution in [2.75, 3.05) is 0 Å². The molecule has 0 aliphatic heterocycles. The van der Waals surface area contributed by atoms with Crippen LogP contribution < -0.4 is 0 Å². The molecule has 1 aliphatic carbocycles. The number of hydrogen-bond acceptors (Lipinski definition) is 1. The molecule has 0 spiro atoms. The van der Waals surface area contributed by atoms with Gasteiger partial charge in [0.1, 0.15) is 0 Å². The maximum Gasteiger partial charge on any atom is 0.0543 e. The summed E-state index contributed by atoms with van der Waals surface area (Å²) in [5.41, 5.74) is 0.469. The largest absolute Gasteiger partial charge is 0.143 e. The molecule has 0 aromatic carbocycles. The average Bonchev–Trinajstić information content (AvgIpc) is 2.75. The summed E-state index contributed by atoms with van der Waals surface area (Å²) in [7, 11) is 0. The number of aryl methyl sites for hydroxylation is 1. The van der Waals surface area contributed by atoms with Crippen LogP contribution in [0.5, 0.6) is 0 Å². The molecule has 0 saturated heterocycles. The SMILES string of the molecule is Cc1sc(C(Br)C2(C)CCCC2)cc1Br. The molecule has 1 heterocycles. The molecule has 1 aliphatic rings. The van der Waals surface area contributed by atoms with Crippen molar-refractivity contribution in [3.8, 4) is 0 Å². The molecule has 15 heavy (non-hydrogen) atoms. The Bertz CT molecular complexity index is 331. The number of alkyl halides is 1. The zero-order chi connectivity index (χ0) is 11.1. The fourth-order valence-electron chi connectivity index (χ4n) is 2.39. The van der Waals surface area contributed by atoms with E-state index in [-0.39, 0.29) is 0 Å². The van der Waals surface area contributed by atoms with E-state index in [0.717, 1.165) is 0 Å². The molecule has 0 nitrogen and oxygen atoms in total. The lowest BCUT2D eigenvalue weighted by Gasteiger charge is -2.29. The summed E-state index contributed by atoms with van der Waals surface area (Å²) in [6, 6.07) is 2.28. The zero-order valence-corrected chi connectivity index (χ0v) is 13.1. The second-order valence-corrected chi connectivity index (χ2v) is 7.83. The summed E-state index contributed by atoms with van der Waals surface area (Å²) in [6.07, 6.45) is 5.50. The van der Waals surface area contributed by atoms with Gasteiger partial charge in [-0.05, 0) is 47.2 Å². The topological polar surface area (TPSA) is 0 Å². The summed E-state index contributed by atoms with van der Waals surface area (Å²) < 4.78 is 1.26. The lowest BCUT2D eigenvalue weighted by atomic mass is 9.84. The minimum atomic E-state index is 0.469. The van der Waals surface area contributed by atoms with E-state index >= 15 is 0 Å². The fraction of sp³-hybridized carbons (Fsp3) is 0.667. The highest BCUT2D eigenvalue weighted by atomic mass is 79.9. The summed E-state index contributed by atoms with van der Waals surface area (Å²) in [6.45, 7) is 4.59. The first kappa shape index (κ1) is 12.1. The van der Waals surface area contributed by atoms with Gasteiger partial charge in [0.15, 0.2) is 0 Å². The monoisotopic (exact) mass is 350 g/mol. The van der Waals surface area contributed by atoms with Crippen molar-refractivity contribution in [1.29, 1.82) is 0 Å². The zero-order valence-electron chi connectivity index (χ0n) is 9.15. The summed E-state index contributed by atoms with van der Waals surface area (Å²) >= 11 is 9.42. The Morgan fingerprint density at radius 2 is 2.00 bits per heavy atom. The van der Waals surface area contributed by atoms with Gasteiger partial charge in [-0.3, -0.25) is 0 Å². The third-order valence-corrected chi connectivity index (χ3v) is 7.59. The van der Waals surface area contributed by atoms with Crippen LogP contribution in [-0.2, 0) is 0 Å². The van der Waals surface area contributed by atoms with Crippen molar-refractivity contribution >= 4 is 43.2 Å². The van der Waals surface area contributed by atoms with Crippen molar-refractivity contribution in [1.82, 2.24) is 0 Å². The van der Waals surface area contributed by atoms with Gasteiger partial charge in [-0.1, -0.05) is 35.7 Å². The standard InChI is InChI=1S/C12H16Br2S/c1-8-9(13)7-10(15-8)11(14)12(2)5-3-4-6-12/h7,11H,3-6H2,1-2H3. The fourth-order valence-corrected chi connectivity index (χ4v) is 4.97. The quantitative estimate of drug-likeness (QED) is 0.587. The van der Waals surface area contributed by atoms with Gasteiger partial charge < -0.3 is 0 Å². The Kier molecular flexibility index (Phi) is 3.64. The van der Waals surface area contributed by atoms with Crippen LogP contribution in [0.2, 0.25) is 0 Å². The van der Waals surface area contributed by atoms with Gasteiger partial charge in [-0.2, -0.15) is 0 Å². The minimum Gasteiger partial charge on any atom is -0.143 e. The minimum absolute atomic E-state index is 0.469. The highest BCUT2D eigenvalue weighted by Gasteiger charge is 2.37. The van der Waals surface area contributed by atoms with Crippen molar-refractivity contribution in [3.05, 3.63) is 20.3 Å². The van der Waals surface area contributed by atoms with Gasteiger partial charge in [0.25, 0.3) is 0 Å². The van der Waals surface area contributed by atoms with E-state index in [1.165, 1.54) is 39.9 Å². The smallest absolute Gasteiger partial charge is 0.0543 e. The molecule has 1 saturated carbocycles. The van der Waals surface area contributed by atoms with Crippen LogP contribution in [0.1, 0.15) is 47.2 Å². The molecule has 0 amide bonds. The van der Waals surface area contributed by atoms with E-state index in [0.29, 0.717) is 10.2 Å². The van der Waals surface area contributed by atoms with Gasteiger partial charge in [0, 0.05) is 14.2 Å². The molecule has 2 rings (SSSR count). The van der Waals surface area contributed by atoms with Gasteiger partial charge in [-0.25, -0.2) is 0 Å². The molecule has 1 aromatic rings. The molecular formula is C12H16Br2S. The normalized spacial score (nSPS) is 21.9. The number of halogens is 2. The molecule has 1 fully saturated rings. The Hall–Kier alpha value is 0.660. The van der Waals surface area contributed by atoms with E-state index in [4.69, 9.17) is 0 Å². The Morgan fingerprint density at radius 1 is 1.40 bits per heavy atom. The summed E-state index contributed by atoms with van der Waals surface area (Å²) in [4.78, 5) is 3.39. The Morgan fingerprint density at radius 3 is 2.47 bits per heavy atom. The van der Waals surface area contributed by atoms with E-state index < -0.39 is 0 Å². The lowest BCUT2D eigenvalue weighted by Crippen LogP contribution is -2.16. The summed E-state index contributed by atoms with van der Waals surface area (Å²) in [5.74, 6) is 0. The van der Waals surface area contributed by atoms with Crippen LogP contribution in [0.15, 0.2) is 10.5 Å². The molecule has 0 N–H and O–H groups in total. The number of thiophene rings is 1. The highest BCUT2D eigenvalue weighted by molar-refractivity contribution is 9.10. The van der Waals surface area contributed by atoms with Gasteiger partial charge in [-0.15, -0.1) is 11.3 Å². The van der Waals surface area contributed by atoms with Crippen molar-refractivity contribution in [3.63, 3.8) is 0 Å². The van der Waals surface area contributed by atoms with Crippen LogP contribution >= 0.6 is 43.2 Å². The van der Waals surface area contributed by atoms with Crippen LogP contribution in [0, 0.1) is 12.3 Å². The molecule has 0 radical (unpaired) electrons. The van der Waals surface area contributed by atoms with Crippen molar-refractivity contribution in [2.24, 2.45) is 5.41 Å². The van der Waals surface area contributed by atoms with E-state index in [2.05, 4.69) is 51.8 Å². The first-order chi connectivity index (χ1) is 7.03. The van der Waals surface area contributed by atoms with Crippen molar-refractivity contribution in [2.45, 2.75) is 44.4 Å². The predicted molar refractivity (Wildman–Crippen MR) is 75.0 cm³/mol. The second kappa shape index (κ2) is 4.50. The van der Waals surface area contributed by atoms with Gasteiger partial charge >= 0.3 is 0 Å². The first-order valence-electron chi connectivity index (χ1n) is 5.43. The first-order valence-corrected chi connectivity index (χ1v) is 7.95. The second-order valence-electron chi connectivity index (χ2n) is 4.78. The molecule has 1 unspecified atom stereocenters. The molecule has 3 heteroatoms. The third kappa shape index (κ3) is 2.34. The van der Waals surface area contributed by atoms with Crippen molar-refractivity contribution < 1.29 is 0 Å². The van der Waals surface area contributed by atoms with E-state index in [1.54, 1.807) is 0 Å². The van der Waals surface area contributed by atoms with Crippen LogP contribution in [0.25, 0.3) is 0 Å². The Balaban J connectivity index is 2.23.